The minimum atomic E-state index is -0.0433. The third kappa shape index (κ3) is 2.80. The Balaban J connectivity index is 2.08. The molecule has 0 saturated carbocycles. The van der Waals surface area contributed by atoms with E-state index >= 15 is 0 Å². The molecule has 82 valence electrons. The van der Waals surface area contributed by atoms with Gasteiger partial charge in [0.05, 0.1) is 16.8 Å². The maximum Gasteiger partial charge on any atom is 0.0649 e. The maximum atomic E-state index is 6.31. The molecule has 2 nitrogen and oxygen atoms in total. The van der Waals surface area contributed by atoms with Crippen LogP contribution < -0.4 is 0 Å². The molecular weight excluding hydrogens is 220 g/mol. The summed E-state index contributed by atoms with van der Waals surface area (Å²) in [6.45, 7) is 1.92. The molecule has 0 N–H and O–H groups in total. The number of hydrogen-bond acceptors (Lipinski definition) is 2. The Labute approximate surface area is 100 Å². The highest BCUT2D eigenvalue weighted by Gasteiger charge is 2.09. The van der Waals surface area contributed by atoms with Crippen molar-refractivity contribution >= 4 is 11.6 Å². The molecule has 16 heavy (non-hydrogen) atoms. The van der Waals surface area contributed by atoms with Gasteiger partial charge in [-0.3, -0.25) is 0 Å². The first-order valence-corrected chi connectivity index (χ1v) is 5.67. The number of aromatic nitrogens is 2. The molecule has 1 atom stereocenters. The second kappa shape index (κ2) is 5.08. The van der Waals surface area contributed by atoms with Crippen LogP contribution >= 0.6 is 11.6 Å². The zero-order valence-corrected chi connectivity index (χ0v) is 9.85. The van der Waals surface area contributed by atoms with Crippen LogP contribution in [-0.2, 0) is 6.42 Å². The predicted molar refractivity (Wildman–Crippen MR) is 65.5 cm³/mol. The van der Waals surface area contributed by atoms with Crippen LogP contribution in [0.25, 0.3) is 0 Å². The zero-order chi connectivity index (χ0) is 11.4. The molecule has 0 amide bonds. The van der Waals surface area contributed by atoms with Crippen molar-refractivity contribution in [1.29, 1.82) is 0 Å². The minimum Gasteiger partial charge on any atom is -0.156 e. The topological polar surface area (TPSA) is 25.8 Å². The molecule has 1 heterocycles. The molecule has 1 aromatic carbocycles. The maximum absolute atomic E-state index is 6.31. The van der Waals surface area contributed by atoms with Crippen LogP contribution in [0.1, 0.15) is 22.3 Å². The Morgan fingerprint density at radius 1 is 1.06 bits per heavy atom. The van der Waals surface area contributed by atoms with Crippen molar-refractivity contribution < 1.29 is 0 Å². The molecule has 0 spiro atoms. The first-order valence-electron chi connectivity index (χ1n) is 5.24. The third-order valence-electron chi connectivity index (χ3n) is 2.40. The first kappa shape index (κ1) is 11.1. The molecule has 0 saturated heterocycles. The van der Waals surface area contributed by atoms with Gasteiger partial charge >= 0.3 is 0 Å². The van der Waals surface area contributed by atoms with Crippen molar-refractivity contribution in [3.63, 3.8) is 0 Å². The van der Waals surface area contributed by atoms with Gasteiger partial charge in [0, 0.05) is 6.42 Å². The van der Waals surface area contributed by atoms with Gasteiger partial charge < -0.3 is 0 Å². The van der Waals surface area contributed by atoms with Crippen LogP contribution in [0, 0.1) is 6.92 Å². The normalized spacial score (nSPS) is 12.4. The van der Waals surface area contributed by atoms with Crippen LogP contribution in [0.15, 0.2) is 42.5 Å². The Hall–Kier alpha value is -1.41. The first-order chi connectivity index (χ1) is 7.75. The summed E-state index contributed by atoms with van der Waals surface area (Å²) < 4.78 is 0. The van der Waals surface area contributed by atoms with Crippen molar-refractivity contribution in [1.82, 2.24) is 10.2 Å². The van der Waals surface area contributed by atoms with Gasteiger partial charge in [0.15, 0.2) is 0 Å². The van der Waals surface area contributed by atoms with Gasteiger partial charge in [-0.25, -0.2) is 0 Å². The minimum absolute atomic E-state index is 0.0433. The van der Waals surface area contributed by atoms with Crippen molar-refractivity contribution in [2.24, 2.45) is 0 Å². The fourth-order valence-electron chi connectivity index (χ4n) is 1.50. The lowest BCUT2D eigenvalue weighted by Crippen LogP contribution is -2.00. The van der Waals surface area contributed by atoms with Crippen molar-refractivity contribution in [2.75, 3.05) is 0 Å². The number of aryl methyl sites for hydroxylation is 1. The summed E-state index contributed by atoms with van der Waals surface area (Å²) in [5.41, 5.74) is 2.97. The highest BCUT2D eigenvalue weighted by atomic mass is 35.5. The molecule has 2 aromatic rings. The largest absolute Gasteiger partial charge is 0.156 e. The number of rotatable bonds is 3. The fourth-order valence-corrected chi connectivity index (χ4v) is 1.80. The number of nitrogens with zero attached hydrogens (tertiary/aromatic N) is 2. The average molecular weight is 233 g/mol. The molecule has 1 aromatic heterocycles. The van der Waals surface area contributed by atoms with E-state index in [1.54, 1.807) is 0 Å². The number of alkyl halides is 1. The Bertz CT molecular complexity index is 439. The van der Waals surface area contributed by atoms with E-state index in [0.717, 1.165) is 17.0 Å². The van der Waals surface area contributed by atoms with Gasteiger partial charge in [0.2, 0.25) is 0 Å². The van der Waals surface area contributed by atoms with Gasteiger partial charge in [-0.15, -0.1) is 11.6 Å². The van der Waals surface area contributed by atoms with Gasteiger partial charge in [0.25, 0.3) is 0 Å². The lowest BCUT2D eigenvalue weighted by atomic mass is 10.1. The van der Waals surface area contributed by atoms with Crippen LogP contribution in [0.4, 0.5) is 0 Å². The van der Waals surface area contributed by atoms with E-state index in [9.17, 15) is 0 Å². The fraction of sp³-hybridized carbons (Fsp3) is 0.231. The molecule has 0 aliphatic carbocycles. The van der Waals surface area contributed by atoms with Crippen LogP contribution in [0.3, 0.4) is 0 Å². The van der Waals surface area contributed by atoms with Gasteiger partial charge in [-0.05, 0) is 24.6 Å². The predicted octanol–water partition coefficient (Wildman–Crippen LogP) is 3.31. The summed E-state index contributed by atoms with van der Waals surface area (Å²) in [5, 5.41) is 8.08. The van der Waals surface area contributed by atoms with Crippen molar-refractivity contribution in [3.8, 4) is 0 Å². The van der Waals surface area contributed by atoms with E-state index in [2.05, 4.69) is 10.2 Å². The highest BCUT2D eigenvalue weighted by Crippen LogP contribution is 2.23. The quantitative estimate of drug-likeness (QED) is 0.759. The molecule has 0 bridgehead atoms. The average Bonchev–Trinajstić information content (AvgIpc) is 2.33. The SMILES string of the molecule is Cc1ccc(CC(Cl)c2ccccc2)nn1. The van der Waals surface area contributed by atoms with Gasteiger partial charge in [-0.1, -0.05) is 30.3 Å². The van der Waals surface area contributed by atoms with E-state index < -0.39 is 0 Å². The molecular formula is C13H13ClN2. The molecule has 0 radical (unpaired) electrons. The lowest BCUT2D eigenvalue weighted by Gasteiger charge is -2.08. The second-order valence-corrected chi connectivity index (χ2v) is 4.28. The lowest BCUT2D eigenvalue weighted by molar-refractivity contribution is 0.826. The molecule has 0 aliphatic heterocycles. The van der Waals surface area contributed by atoms with Crippen molar-refractivity contribution in [2.45, 2.75) is 18.7 Å². The van der Waals surface area contributed by atoms with E-state index in [1.807, 2.05) is 49.4 Å². The summed E-state index contributed by atoms with van der Waals surface area (Å²) in [6.07, 6.45) is 0.707. The highest BCUT2D eigenvalue weighted by molar-refractivity contribution is 6.20. The van der Waals surface area contributed by atoms with Gasteiger partial charge in [-0.2, -0.15) is 10.2 Å². The summed E-state index contributed by atoms with van der Waals surface area (Å²) in [4.78, 5) is 0. The van der Waals surface area contributed by atoms with E-state index in [4.69, 9.17) is 11.6 Å². The van der Waals surface area contributed by atoms with Crippen molar-refractivity contribution in [3.05, 3.63) is 59.4 Å². The Kier molecular flexibility index (Phi) is 3.52. The molecule has 3 heteroatoms. The van der Waals surface area contributed by atoms with E-state index in [1.165, 1.54) is 0 Å². The summed E-state index contributed by atoms with van der Waals surface area (Å²) in [5.74, 6) is 0. The monoisotopic (exact) mass is 232 g/mol. The van der Waals surface area contributed by atoms with Crippen LogP contribution in [-0.4, -0.2) is 10.2 Å². The van der Waals surface area contributed by atoms with E-state index in [-0.39, 0.29) is 5.38 Å². The summed E-state index contributed by atoms with van der Waals surface area (Å²) >= 11 is 6.31. The number of hydrogen-bond donors (Lipinski definition) is 0. The molecule has 0 fully saturated rings. The van der Waals surface area contributed by atoms with Crippen LogP contribution in [0.2, 0.25) is 0 Å². The smallest absolute Gasteiger partial charge is 0.0649 e. The third-order valence-corrected chi connectivity index (χ3v) is 2.81. The second-order valence-electron chi connectivity index (χ2n) is 3.75. The van der Waals surface area contributed by atoms with Gasteiger partial charge in [0.1, 0.15) is 0 Å². The summed E-state index contributed by atoms with van der Waals surface area (Å²) in [6, 6.07) is 14.0. The van der Waals surface area contributed by atoms with Crippen LogP contribution in [0.5, 0.6) is 0 Å². The standard InChI is InChI=1S/C13H13ClN2/c1-10-7-8-12(16-15-10)9-13(14)11-5-3-2-4-6-11/h2-8,13H,9H2,1H3. The molecule has 1 unspecified atom stereocenters. The Morgan fingerprint density at radius 2 is 1.81 bits per heavy atom. The molecule has 2 rings (SSSR count). The number of benzene rings is 1. The number of halogens is 1. The molecule has 0 aliphatic rings. The zero-order valence-electron chi connectivity index (χ0n) is 9.10. The van der Waals surface area contributed by atoms with E-state index in [0.29, 0.717) is 6.42 Å². The Morgan fingerprint density at radius 3 is 2.44 bits per heavy atom. The summed E-state index contributed by atoms with van der Waals surface area (Å²) in [7, 11) is 0.